The Morgan fingerprint density at radius 3 is 2.67 bits per heavy atom. The number of rotatable bonds is 3. The average molecular weight is 248 g/mol. The number of carbonyl (C=O) groups is 1. The van der Waals surface area contributed by atoms with Gasteiger partial charge in [-0.1, -0.05) is 12.1 Å². The topological polar surface area (TPSA) is 61.6 Å². The quantitative estimate of drug-likeness (QED) is 0.453. The molecule has 0 atom stereocenters. The van der Waals surface area contributed by atoms with E-state index in [2.05, 4.69) is 46.4 Å². The number of benzene rings is 1. The summed E-state index contributed by atoms with van der Waals surface area (Å²) in [6.07, 6.45) is 0. The van der Waals surface area contributed by atoms with E-state index in [4.69, 9.17) is 5.84 Å². The Labute approximate surface area is 108 Å². The number of hydrogen-bond donors (Lipinski definition) is 2. The molecular formula is C13H20N4O. The molecular weight excluding hydrogens is 228 g/mol. The van der Waals surface area contributed by atoms with Crippen molar-refractivity contribution in [1.82, 2.24) is 10.3 Å². The van der Waals surface area contributed by atoms with Crippen LogP contribution in [0.15, 0.2) is 24.3 Å². The predicted molar refractivity (Wildman–Crippen MR) is 72.2 cm³/mol. The second kappa shape index (κ2) is 5.84. The van der Waals surface area contributed by atoms with Gasteiger partial charge in [-0.15, -0.1) is 0 Å². The zero-order valence-electron chi connectivity index (χ0n) is 10.7. The standard InChI is InChI=1S/C13H20N4O/c1-11-3-2-4-12(9-11)17-7-5-16(6-8-17)10-13(18)15-14/h2-4,9H,5-8,10,14H2,1H3,(H,15,18). The van der Waals surface area contributed by atoms with Gasteiger partial charge in [-0.3, -0.25) is 15.1 Å². The molecule has 0 radical (unpaired) electrons. The average Bonchev–Trinajstić information content (AvgIpc) is 2.39. The summed E-state index contributed by atoms with van der Waals surface area (Å²) in [5.74, 6) is 4.96. The molecule has 5 heteroatoms. The first-order valence-electron chi connectivity index (χ1n) is 6.22. The Balaban J connectivity index is 1.88. The van der Waals surface area contributed by atoms with Crippen molar-refractivity contribution in [2.75, 3.05) is 37.6 Å². The Morgan fingerprint density at radius 2 is 2.06 bits per heavy atom. The van der Waals surface area contributed by atoms with Gasteiger partial charge < -0.3 is 4.90 Å². The molecule has 3 N–H and O–H groups in total. The number of nitrogens with one attached hydrogen (secondary N) is 1. The van der Waals surface area contributed by atoms with Crippen LogP contribution in [0.25, 0.3) is 0 Å². The van der Waals surface area contributed by atoms with Gasteiger partial charge in [0, 0.05) is 31.9 Å². The highest BCUT2D eigenvalue weighted by Crippen LogP contribution is 2.17. The first kappa shape index (κ1) is 12.9. The smallest absolute Gasteiger partial charge is 0.248 e. The molecule has 18 heavy (non-hydrogen) atoms. The molecule has 0 saturated carbocycles. The van der Waals surface area contributed by atoms with Crippen LogP contribution in [-0.4, -0.2) is 43.5 Å². The van der Waals surface area contributed by atoms with Crippen molar-refractivity contribution in [1.29, 1.82) is 0 Å². The van der Waals surface area contributed by atoms with E-state index in [1.807, 2.05) is 0 Å². The number of aryl methyl sites for hydroxylation is 1. The van der Waals surface area contributed by atoms with Gasteiger partial charge in [0.2, 0.25) is 5.91 Å². The van der Waals surface area contributed by atoms with Gasteiger partial charge in [0.15, 0.2) is 0 Å². The van der Waals surface area contributed by atoms with E-state index in [1.165, 1.54) is 11.3 Å². The summed E-state index contributed by atoms with van der Waals surface area (Å²) in [6.45, 7) is 6.16. The van der Waals surface area contributed by atoms with Crippen molar-refractivity contribution in [2.24, 2.45) is 5.84 Å². The van der Waals surface area contributed by atoms with Crippen LogP contribution in [0, 0.1) is 6.92 Å². The van der Waals surface area contributed by atoms with Crippen LogP contribution >= 0.6 is 0 Å². The summed E-state index contributed by atoms with van der Waals surface area (Å²) in [6, 6.07) is 8.52. The SMILES string of the molecule is Cc1cccc(N2CCN(CC(=O)NN)CC2)c1. The molecule has 0 bridgehead atoms. The fourth-order valence-corrected chi connectivity index (χ4v) is 2.24. The van der Waals surface area contributed by atoms with Gasteiger partial charge in [-0.05, 0) is 24.6 Å². The van der Waals surface area contributed by atoms with Crippen LogP contribution in [0.2, 0.25) is 0 Å². The highest BCUT2D eigenvalue weighted by molar-refractivity contribution is 5.77. The summed E-state index contributed by atoms with van der Waals surface area (Å²) >= 11 is 0. The molecule has 1 fully saturated rings. The second-order valence-electron chi connectivity index (χ2n) is 4.67. The van der Waals surface area contributed by atoms with E-state index in [1.54, 1.807) is 0 Å². The number of anilines is 1. The molecule has 1 aromatic rings. The molecule has 1 aliphatic heterocycles. The monoisotopic (exact) mass is 248 g/mol. The zero-order chi connectivity index (χ0) is 13.0. The minimum absolute atomic E-state index is 0.126. The lowest BCUT2D eigenvalue weighted by Gasteiger charge is -2.35. The van der Waals surface area contributed by atoms with Crippen LogP contribution in [0.3, 0.4) is 0 Å². The van der Waals surface area contributed by atoms with Gasteiger partial charge >= 0.3 is 0 Å². The van der Waals surface area contributed by atoms with Crippen molar-refractivity contribution in [3.63, 3.8) is 0 Å². The molecule has 1 heterocycles. The van der Waals surface area contributed by atoms with Crippen molar-refractivity contribution >= 4 is 11.6 Å². The van der Waals surface area contributed by atoms with Crippen LogP contribution in [0.4, 0.5) is 5.69 Å². The number of nitrogens with zero attached hydrogens (tertiary/aromatic N) is 2. The molecule has 1 aromatic carbocycles. The first-order chi connectivity index (χ1) is 8.69. The van der Waals surface area contributed by atoms with E-state index >= 15 is 0 Å². The molecule has 2 rings (SSSR count). The van der Waals surface area contributed by atoms with Gasteiger partial charge in [0.25, 0.3) is 0 Å². The van der Waals surface area contributed by atoms with E-state index in [0.717, 1.165) is 26.2 Å². The summed E-state index contributed by atoms with van der Waals surface area (Å²) in [7, 11) is 0. The minimum Gasteiger partial charge on any atom is -0.369 e. The third-order valence-electron chi connectivity index (χ3n) is 3.27. The molecule has 1 aliphatic rings. The number of piperazine rings is 1. The van der Waals surface area contributed by atoms with E-state index in [0.29, 0.717) is 6.54 Å². The van der Waals surface area contributed by atoms with Crippen LogP contribution in [0.1, 0.15) is 5.56 Å². The van der Waals surface area contributed by atoms with Crippen molar-refractivity contribution in [3.8, 4) is 0 Å². The fourth-order valence-electron chi connectivity index (χ4n) is 2.24. The van der Waals surface area contributed by atoms with E-state index in [-0.39, 0.29) is 5.91 Å². The van der Waals surface area contributed by atoms with Crippen LogP contribution in [0.5, 0.6) is 0 Å². The summed E-state index contributed by atoms with van der Waals surface area (Å²) in [5.41, 5.74) is 4.71. The number of carbonyl (C=O) groups excluding carboxylic acids is 1. The largest absolute Gasteiger partial charge is 0.369 e. The number of nitrogens with two attached hydrogens (primary N) is 1. The summed E-state index contributed by atoms with van der Waals surface area (Å²) in [5, 5.41) is 0. The Kier molecular flexibility index (Phi) is 4.17. The number of hydrazine groups is 1. The maximum Gasteiger partial charge on any atom is 0.248 e. The van der Waals surface area contributed by atoms with Crippen molar-refractivity contribution < 1.29 is 4.79 Å². The predicted octanol–water partition coefficient (Wildman–Crippen LogP) is 0.107. The van der Waals surface area contributed by atoms with Crippen LogP contribution in [-0.2, 0) is 4.79 Å². The number of hydrogen-bond acceptors (Lipinski definition) is 4. The third-order valence-corrected chi connectivity index (χ3v) is 3.27. The van der Waals surface area contributed by atoms with E-state index < -0.39 is 0 Å². The molecule has 0 spiro atoms. The molecule has 0 aliphatic carbocycles. The minimum atomic E-state index is -0.126. The Morgan fingerprint density at radius 1 is 1.33 bits per heavy atom. The summed E-state index contributed by atoms with van der Waals surface area (Å²) < 4.78 is 0. The third kappa shape index (κ3) is 3.21. The maximum absolute atomic E-state index is 11.2. The van der Waals surface area contributed by atoms with Crippen LogP contribution < -0.4 is 16.2 Å². The lowest BCUT2D eigenvalue weighted by molar-refractivity contribution is -0.122. The summed E-state index contributed by atoms with van der Waals surface area (Å²) in [4.78, 5) is 15.7. The number of amides is 1. The van der Waals surface area contributed by atoms with Gasteiger partial charge in [-0.2, -0.15) is 0 Å². The highest BCUT2D eigenvalue weighted by atomic mass is 16.2. The Bertz CT molecular complexity index is 413. The molecule has 0 aromatic heterocycles. The maximum atomic E-state index is 11.2. The van der Waals surface area contributed by atoms with Crippen molar-refractivity contribution in [3.05, 3.63) is 29.8 Å². The van der Waals surface area contributed by atoms with Gasteiger partial charge in [-0.25, -0.2) is 5.84 Å². The van der Waals surface area contributed by atoms with Gasteiger partial charge in [0.1, 0.15) is 0 Å². The van der Waals surface area contributed by atoms with E-state index in [9.17, 15) is 4.79 Å². The second-order valence-corrected chi connectivity index (χ2v) is 4.67. The molecule has 0 unspecified atom stereocenters. The Hall–Kier alpha value is -1.59. The molecule has 98 valence electrons. The molecule has 1 saturated heterocycles. The first-order valence-corrected chi connectivity index (χ1v) is 6.22. The molecule has 5 nitrogen and oxygen atoms in total. The fraction of sp³-hybridized carbons (Fsp3) is 0.462. The normalized spacial score (nSPS) is 16.7. The van der Waals surface area contributed by atoms with Crippen molar-refractivity contribution in [2.45, 2.75) is 6.92 Å². The highest BCUT2D eigenvalue weighted by Gasteiger charge is 2.18. The zero-order valence-corrected chi connectivity index (χ0v) is 10.7. The lowest BCUT2D eigenvalue weighted by atomic mass is 10.2. The van der Waals surface area contributed by atoms with Gasteiger partial charge in [0.05, 0.1) is 6.54 Å². The lowest BCUT2D eigenvalue weighted by Crippen LogP contribution is -2.50. The molecule has 1 amide bonds.